The van der Waals surface area contributed by atoms with Gasteiger partial charge in [-0.05, 0) is 17.3 Å². The monoisotopic (exact) mass is 340 g/mol. The first-order chi connectivity index (χ1) is 10.9. The maximum Gasteiger partial charge on any atom is 0.416 e. The fourth-order valence-electron chi connectivity index (χ4n) is 1.72. The molecule has 0 radical (unpaired) electrons. The Morgan fingerprint density at radius 1 is 1.30 bits per heavy atom. The van der Waals surface area contributed by atoms with E-state index in [0.29, 0.717) is 10.6 Å². The number of aromatic nitrogens is 5. The molecule has 7 nitrogen and oxygen atoms in total. The van der Waals surface area contributed by atoms with E-state index in [0.717, 1.165) is 23.5 Å². The molecule has 3 rings (SSSR count). The number of aromatic amines is 1. The number of hydrogen-bond acceptors (Lipinski definition) is 6. The summed E-state index contributed by atoms with van der Waals surface area (Å²) in [6.45, 7) is 0. The van der Waals surface area contributed by atoms with Crippen molar-refractivity contribution in [3.05, 3.63) is 41.0 Å². The van der Waals surface area contributed by atoms with Gasteiger partial charge in [0.2, 0.25) is 0 Å². The highest BCUT2D eigenvalue weighted by atomic mass is 32.1. The lowest BCUT2D eigenvalue weighted by molar-refractivity contribution is -0.137. The van der Waals surface area contributed by atoms with Crippen molar-refractivity contribution in [2.45, 2.75) is 6.18 Å². The van der Waals surface area contributed by atoms with E-state index in [9.17, 15) is 18.0 Å². The molecule has 0 atom stereocenters. The fraction of sp³-hybridized carbons (Fsp3) is 0.0833. The van der Waals surface area contributed by atoms with Crippen LogP contribution in [0.2, 0.25) is 0 Å². The van der Waals surface area contributed by atoms with Gasteiger partial charge in [-0.15, -0.1) is 21.5 Å². The van der Waals surface area contributed by atoms with Gasteiger partial charge in [-0.3, -0.25) is 4.79 Å². The van der Waals surface area contributed by atoms with E-state index in [-0.39, 0.29) is 11.6 Å². The van der Waals surface area contributed by atoms with Crippen molar-refractivity contribution < 1.29 is 18.0 Å². The molecule has 0 fully saturated rings. The van der Waals surface area contributed by atoms with Crippen LogP contribution in [0.25, 0.3) is 10.6 Å². The molecule has 1 amide bonds. The molecule has 2 N–H and O–H groups in total. The standard InChI is InChI=1S/C12H7F3N6OS/c13-12(14,15)7-3-1-2-6(4-7)11-17-8(5-23-11)16-10(22)9-18-20-21-19-9/h1-5H,(H,16,22)(H,18,19,20,21). The van der Waals surface area contributed by atoms with Gasteiger partial charge in [-0.2, -0.15) is 18.4 Å². The summed E-state index contributed by atoms with van der Waals surface area (Å²) in [5.41, 5.74) is -0.451. The number of anilines is 1. The molecule has 11 heteroatoms. The third kappa shape index (κ3) is 3.34. The van der Waals surface area contributed by atoms with Gasteiger partial charge < -0.3 is 5.32 Å². The lowest BCUT2D eigenvalue weighted by atomic mass is 10.1. The second kappa shape index (κ2) is 5.76. The van der Waals surface area contributed by atoms with E-state index in [2.05, 4.69) is 30.9 Å². The van der Waals surface area contributed by atoms with E-state index in [1.807, 2.05) is 0 Å². The lowest BCUT2D eigenvalue weighted by Crippen LogP contribution is -2.14. The summed E-state index contributed by atoms with van der Waals surface area (Å²) in [5, 5.41) is 16.7. The Morgan fingerprint density at radius 3 is 2.83 bits per heavy atom. The zero-order valence-electron chi connectivity index (χ0n) is 11.1. The number of carbonyl (C=O) groups is 1. The van der Waals surface area contributed by atoms with Gasteiger partial charge >= 0.3 is 6.18 Å². The first-order valence-corrected chi connectivity index (χ1v) is 6.99. The number of alkyl halides is 3. The summed E-state index contributed by atoms with van der Waals surface area (Å²) >= 11 is 1.10. The minimum absolute atomic E-state index is 0.168. The average Bonchev–Trinajstić information content (AvgIpc) is 3.18. The Morgan fingerprint density at radius 2 is 2.13 bits per heavy atom. The Kier molecular flexibility index (Phi) is 3.78. The van der Waals surface area contributed by atoms with E-state index in [1.165, 1.54) is 17.5 Å². The van der Waals surface area contributed by atoms with Crippen molar-refractivity contribution in [2.75, 3.05) is 5.32 Å². The third-order valence-electron chi connectivity index (χ3n) is 2.73. The maximum atomic E-state index is 12.7. The number of nitrogens with zero attached hydrogens (tertiary/aromatic N) is 4. The molecule has 0 bridgehead atoms. The van der Waals surface area contributed by atoms with E-state index in [4.69, 9.17) is 0 Å². The van der Waals surface area contributed by atoms with Crippen LogP contribution in [0.4, 0.5) is 19.0 Å². The fourth-order valence-corrected chi connectivity index (χ4v) is 2.47. The van der Waals surface area contributed by atoms with Gasteiger partial charge in [0.15, 0.2) is 0 Å². The molecular formula is C12H7F3N6OS. The highest BCUT2D eigenvalue weighted by Gasteiger charge is 2.30. The Hall–Kier alpha value is -2.82. The van der Waals surface area contributed by atoms with E-state index >= 15 is 0 Å². The molecule has 3 aromatic rings. The number of carbonyl (C=O) groups excluding carboxylic acids is 1. The highest BCUT2D eigenvalue weighted by molar-refractivity contribution is 7.13. The molecule has 0 saturated carbocycles. The number of nitrogens with one attached hydrogen (secondary N) is 2. The smallest absolute Gasteiger partial charge is 0.303 e. The minimum atomic E-state index is -4.43. The Labute approximate surface area is 130 Å². The number of benzene rings is 1. The molecule has 2 heterocycles. The molecule has 1 aromatic carbocycles. The number of thiazole rings is 1. The van der Waals surface area contributed by atoms with Crippen molar-refractivity contribution in [1.29, 1.82) is 0 Å². The number of rotatable bonds is 3. The largest absolute Gasteiger partial charge is 0.416 e. The van der Waals surface area contributed by atoms with Gasteiger partial charge in [0.05, 0.1) is 5.56 Å². The quantitative estimate of drug-likeness (QED) is 0.764. The second-order valence-corrected chi connectivity index (χ2v) is 5.16. The van der Waals surface area contributed by atoms with Crippen LogP contribution in [0.1, 0.15) is 16.2 Å². The van der Waals surface area contributed by atoms with Gasteiger partial charge in [0, 0.05) is 10.9 Å². The van der Waals surface area contributed by atoms with Gasteiger partial charge in [0.25, 0.3) is 11.7 Å². The molecule has 23 heavy (non-hydrogen) atoms. The van der Waals surface area contributed by atoms with Crippen LogP contribution in [-0.2, 0) is 6.18 Å². The Bertz CT molecular complexity index is 829. The summed E-state index contributed by atoms with van der Waals surface area (Å²) in [4.78, 5) is 15.8. The molecule has 0 spiro atoms. The molecular weight excluding hydrogens is 333 g/mol. The van der Waals surface area contributed by atoms with Crippen LogP contribution in [0.5, 0.6) is 0 Å². The summed E-state index contributed by atoms with van der Waals surface area (Å²) in [5.74, 6) is -0.601. The topological polar surface area (TPSA) is 96.5 Å². The van der Waals surface area contributed by atoms with Crippen LogP contribution < -0.4 is 5.32 Å². The molecule has 118 valence electrons. The molecule has 0 aliphatic carbocycles. The number of H-pyrrole nitrogens is 1. The van der Waals surface area contributed by atoms with Crippen molar-refractivity contribution in [2.24, 2.45) is 0 Å². The summed E-state index contributed by atoms with van der Waals surface area (Å²) in [7, 11) is 0. The minimum Gasteiger partial charge on any atom is -0.303 e. The highest BCUT2D eigenvalue weighted by Crippen LogP contribution is 2.33. The van der Waals surface area contributed by atoms with Crippen LogP contribution >= 0.6 is 11.3 Å². The van der Waals surface area contributed by atoms with Gasteiger partial charge in [0.1, 0.15) is 10.8 Å². The van der Waals surface area contributed by atoms with E-state index in [1.54, 1.807) is 0 Å². The van der Waals surface area contributed by atoms with Crippen molar-refractivity contribution >= 4 is 23.1 Å². The maximum absolute atomic E-state index is 12.7. The predicted molar refractivity (Wildman–Crippen MR) is 74.7 cm³/mol. The average molecular weight is 340 g/mol. The molecule has 0 aliphatic rings. The van der Waals surface area contributed by atoms with Crippen molar-refractivity contribution in [1.82, 2.24) is 25.6 Å². The molecule has 0 unspecified atom stereocenters. The van der Waals surface area contributed by atoms with Crippen LogP contribution in [0.3, 0.4) is 0 Å². The van der Waals surface area contributed by atoms with Gasteiger partial charge in [-0.1, -0.05) is 12.1 Å². The number of hydrogen-bond donors (Lipinski definition) is 2. The zero-order chi connectivity index (χ0) is 16.4. The normalized spacial score (nSPS) is 11.4. The van der Waals surface area contributed by atoms with Gasteiger partial charge in [-0.25, -0.2) is 4.98 Å². The predicted octanol–water partition coefficient (Wildman–Crippen LogP) is 2.59. The van der Waals surface area contributed by atoms with Crippen molar-refractivity contribution in [3.63, 3.8) is 0 Å². The number of amides is 1. The Balaban J connectivity index is 1.81. The first kappa shape index (κ1) is 15.1. The third-order valence-corrected chi connectivity index (χ3v) is 3.62. The second-order valence-electron chi connectivity index (χ2n) is 4.31. The molecule has 0 saturated heterocycles. The van der Waals surface area contributed by atoms with Crippen molar-refractivity contribution in [3.8, 4) is 10.6 Å². The number of tetrazole rings is 1. The molecule has 0 aliphatic heterocycles. The zero-order valence-corrected chi connectivity index (χ0v) is 11.9. The summed E-state index contributed by atoms with van der Waals surface area (Å²) < 4.78 is 38.2. The van der Waals surface area contributed by atoms with Crippen LogP contribution in [0, 0.1) is 0 Å². The summed E-state index contributed by atoms with van der Waals surface area (Å²) in [6, 6.07) is 4.80. The SMILES string of the molecule is O=C(Nc1csc(-c2cccc(C(F)(F)F)c2)n1)c1nn[nH]n1. The lowest BCUT2D eigenvalue weighted by Gasteiger charge is -2.07. The molecule has 2 aromatic heterocycles. The van der Waals surface area contributed by atoms with E-state index < -0.39 is 17.6 Å². The summed E-state index contributed by atoms with van der Waals surface area (Å²) in [6.07, 6.45) is -4.43. The number of halogens is 3. The van der Waals surface area contributed by atoms with Crippen LogP contribution in [0.15, 0.2) is 29.6 Å². The van der Waals surface area contributed by atoms with Crippen LogP contribution in [-0.4, -0.2) is 31.5 Å². The first-order valence-electron chi connectivity index (χ1n) is 6.11.